The summed E-state index contributed by atoms with van der Waals surface area (Å²) in [5.74, 6) is -1.30. The second-order valence-electron chi connectivity index (χ2n) is 7.91. The Morgan fingerprint density at radius 1 is 0.970 bits per heavy atom. The van der Waals surface area contributed by atoms with Gasteiger partial charge in [0.25, 0.3) is 11.8 Å². The summed E-state index contributed by atoms with van der Waals surface area (Å²) in [5, 5.41) is 0.0550. The highest BCUT2D eigenvalue weighted by molar-refractivity contribution is 7.89. The molecule has 0 aromatic heterocycles. The van der Waals surface area contributed by atoms with E-state index in [0.717, 1.165) is 12.8 Å². The number of rotatable bonds is 8. The Labute approximate surface area is 197 Å². The quantitative estimate of drug-likeness (QED) is 0.319. The molecule has 0 bridgehead atoms. The van der Waals surface area contributed by atoms with Gasteiger partial charge >= 0.3 is 5.97 Å². The average molecular weight is 491 g/mol. The zero-order valence-corrected chi connectivity index (χ0v) is 19.4. The molecule has 0 N–H and O–H groups in total. The number of amides is 2. The monoisotopic (exact) mass is 490 g/mol. The molecule has 2 aromatic rings. The standard InChI is InChI=1S/C23H23ClN2O6S/c24-19-10-9-16(15-20(19)33(30,31)25-11-3-4-12-25)23(29)32-14-6-5-13-26-21(27)17-7-1-2-8-18(17)22(26)28/h1-2,7-10,15H,3-6,11-14H2. The van der Waals surface area contributed by atoms with Crippen LogP contribution in [0.1, 0.15) is 56.8 Å². The number of ether oxygens (including phenoxy) is 1. The smallest absolute Gasteiger partial charge is 0.338 e. The Balaban J connectivity index is 1.30. The fraction of sp³-hybridized carbons (Fsp3) is 0.348. The minimum Gasteiger partial charge on any atom is -0.462 e. The van der Waals surface area contributed by atoms with Crippen LogP contribution in [0.2, 0.25) is 5.02 Å². The molecule has 2 aliphatic heterocycles. The SMILES string of the molecule is O=C(OCCCCN1C(=O)c2ccccc2C1=O)c1ccc(Cl)c(S(=O)(=O)N2CCCC2)c1. The Morgan fingerprint density at radius 2 is 1.61 bits per heavy atom. The molecule has 0 atom stereocenters. The lowest BCUT2D eigenvalue weighted by Crippen LogP contribution is -2.30. The molecule has 8 nitrogen and oxygen atoms in total. The van der Waals surface area contributed by atoms with Gasteiger partial charge in [-0.2, -0.15) is 4.31 Å². The Kier molecular flexibility index (Phi) is 6.83. The molecular formula is C23H23ClN2O6S. The van der Waals surface area contributed by atoms with Crippen molar-refractivity contribution in [3.8, 4) is 0 Å². The van der Waals surface area contributed by atoms with Gasteiger partial charge in [-0.15, -0.1) is 0 Å². The first-order chi connectivity index (χ1) is 15.8. The van der Waals surface area contributed by atoms with Gasteiger partial charge in [0, 0.05) is 19.6 Å². The second-order valence-corrected chi connectivity index (χ2v) is 10.2. The van der Waals surface area contributed by atoms with E-state index in [-0.39, 0.29) is 40.4 Å². The lowest BCUT2D eigenvalue weighted by Gasteiger charge is -2.17. The van der Waals surface area contributed by atoms with Crippen LogP contribution in [0, 0.1) is 0 Å². The molecule has 2 amide bonds. The highest BCUT2D eigenvalue weighted by Crippen LogP contribution is 2.28. The highest BCUT2D eigenvalue weighted by Gasteiger charge is 2.34. The number of esters is 1. The third-order valence-electron chi connectivity index (χ3n) is 5.74. The van der Waals surface area contributed by atoms with Gasteiger partial charge in [-0.3, -0.25) is 14.5 Å². The number of benzene rings is 2. The zero-order valence-electron chi connectivity index (χ0n) is 17.8. The van der Waals surface area contributed by atoms with E-state index in [2.05, 4.69) is 0 Å². The van der Waals surface area contributed by atoms with Crippen LogP contribution in [0.5, 0.6) is 0 Å². The number of nitrogens with zero attached hydrogens (tertiary/aromatic N) is 2. The maximum absolute atomic E-state index is 12.8. The van der Waals surface area contributed by atoms with Gasteiger partial charge in [-0.25, -0.2) is 13.2 Å². The average Bonchev–Trinajstić information content (AvgIpc) is 3.43. The Hall–Kier alpha value is -2.75. The zero-order chi connectivity index (χ0) is 23.6. The van der Waals surface area contributed by atoms with Crippen molar-refractivity contribution in [2.45, 2.75) is 30.6 Å². The van der Waals surface area contributed by atoms with Crippen molar-refractivity contribution in [2.75, 3.05) is 26.2 Å². The van der Waals surface area contributed by atoms with Gasteiger partial charge < -0.3 is 4.74 Å². The van der Waals surface area contributed by atoms with Gasteiger partial charge in [0.05, 0.1) is 28.3 Å². The first kappa shape index (κ1) is 23.4. The van der Waals surface area contributed by atoms with Crippen LogP contribution < -0.4 is 0 Å². The number of unbranched alkanes of at least 4 members (excludes halogenated alkanes) is 1. The lowest BCUT2D eigenvalue weighted by molar-refractivity contribution is 0.0485. The molecule has 0 radical (unpaired) electrons. The van der Waals surface area contributed by atoms with E-state index in [0.29, 0.717) is 37.1 Å². The van der Waals surface area contributed by atoms with Gasteiger partial charge in [0.15, 0.2) is 0 Å². The third-order valence-corrected chi connectivity index (χ3v) is 8.12. The van der Waals surface area contributed by atoms with Crippen molar-refractivity contribution in [3.63, 3.8) is 0 Å². The highest BCUT2D eigenvalue weighted by atomic mass is 35.5. The Morgan fingerprint density at radius 3 is 2.24 bits per heavy atom. The van der Waals surface area contributed by atoms with Crippen LogP contribution >= 0.6 is 11.6 Å². The van der Waals surface area contributed by atoms with E-state index in [1.807, 2.05) is 0 Å². The van der Waals surface area contributed by atoms with E-state index in [4.69, 9.17) is 16.3 Å². The van der Waals surface area contributed by atoms with Gasteiger partial charge in [0.1, 0.15) is 4.90 Å². The number of hydrogen-bond acceptors (Lipinski definition) is 6. The van der Waals surface area contributed by atoms with Crippen molar-refractivity contribution in [1.82, 2.24) is 9.21 Å². The second kappa shape index (κ2) is 9.62. The summed E-state index contributed by atoms with van der Waals surface area (Å²) in [6.45, 7) is 1.16. The summed E-state index contributed by atoms with van der Waals surface area (Å²) < 4.78 is 32.3. The minimum atomic E-state index is -3.77. The predicted molar refractivity (Wildman–Crippen MR) is 121 cm³/mol. The van der Waals surface area contributed by atoms with Gasteiger partial charge in [-0.1, -0.05) is 23.7 Å². The molecule has 0 saturated carbocycles. The third kappa shape index (κ3) is 4.66. The molecule has 2 heterocycles. The number of carbonyl (C=O) groups is 3. The van der Waals surface area contributed by atoms with Crippen LogP contribution in [-0.2, 0) is 14.8 Å². The van der Waals surface area contributed by atoms with Crippen molar-refractivity contribution < 1.29 is 27.5 Å². The van der Waals surface area contributed by atoms with Crippen LogP contribution in [0.15, 0.2) is 47.4 Å². The van der Waals surface area contributed by atoms with E-state index >= 15 is 0 Å². The normalized spacial score (nSPS) is 16.3. The van der Waals surface area contributed by atoms with Crippen molar-refractivity contribution in [1.29, 1.82) is 0 Å². The number of imide groups is 1. The summed E-state index contributed by atoms with van der Waals surface area (Å²) in [4.78, 5) is 38.2. The first-order valence-electron chi connectivity index (χ1n) is 10.7. The fourth-order valence-electron chi connectivity index (χ4n) is 3.96. The van der Waals surface area contributed by atoms with Crippen molar-refractivity contribution >= 4 is 39.4 Å². The van der Waals surface area contributed by atoms with Crippen LogP contribution in [0.25, 0.3) is 0 Å². The summed E-state index contributed by atoms with van der Waals surface area (Å²) in [6, 6.07) is 10.7. The molecule has 0 spiro atoms. The number of sulfonamides is 1. The molecular weight excluding hydrogens is 468 g/mol. The molecule has 2 aromatic carbocycles. The maximum Gasteiger partial charge on any atom is 0.338 e. The van der Waals surface area contributed by atoms with Crippen LogP contribution in [0.3, 0.4) is 0 Å². The minimum absolute atomic E-state index is 0.0550. The molecule has 1 fully saturated rings. The molecule has 1 saturated heterocycles. The maximum atomic E-state index is 12.8. The van der Waals surface area contributed by atoms with Gasteiger partial charge in [-0.05, 0) is 56.0 Å². The predicted octanol–water partition coefficient (Wildman–Crippen LogP) is 3.36. The van der Waals surface area contributed by atoms with E-state index in [1.54, 1.807) is 24.3 Å². The lowest BCUT2D eigenvalue weighted by atomic mass is 10.1. The summed E-state index contributed by atoms with van der Waals surface area (Å²) in [7, 11) is -3.77. The number of fused-ring (bicyclic) bond motifs is 1. The molecule has 0 aliphatic carbocycles. The largest absolute Gasteiger partial charge is 0.462 e. The molecule has 10 heteroatoms. The van der Waals surface area contributed by atoms with E-state index < -0.39 is 16.0 Å². The molecule has 33 heavy (non-hydrogen) atoms. The van der Waals surface area contributed by atoms with E-state index in [1.165, 1.54) is 27.4 Å². The topological polar surface area (TPSA) is 101 Å². The first-order valence-corrected chi connectivity index (χ1v) is 12.5. The summed E-state index contributed by atoms with van der Waals surface area (Å²) >= 11 is 6.11. The molecule has 4 rings (SSSR count). The molecule has 2 aliphatic rings. The molecule has 0 unspecified atom stereocenters. The van der Waals surface area contributed by atoms with E-state index in [9.17, 15) is 22.8 Å². The Bertz CT molecular complexity index is 1170. The van der Waals surface area contributed by atoms with Crippen LogP contribution in [0.4, 0.5) is 0 Å². The number of hydrogen-bond donors (Lipinski definition) is 0. The summed E-state index contributed by atoms with van der Waals surface area (Å²) in [5.41, 5.74) is 0.894. The van der Waals surface area contributed by atoms with Crippen molar-refractivity contribution in [3.05, 3.63) is 64.2 Å². The summed E-state index contributed by atoms with van der Waals surface area (Å²) in [6.07, 6.45) is 2.48. The van der Waals surface area contributed by atoms with Gasteiger partial charge in [0.2, 0.25) is 10.0 Å². The van der Waals surface area contributed by atoms with Crippen molar-refractivity contribution in [2.24, 2.45) is 0 Å². The number of halogens is 1. The molecule has 174 valence electrons. The van der Waals surface area contributed by atoms with Crippen LogP contribution in [-0.4, -0.2) is 61.6 Å². The number of carbonyl (C=O) groups excluding carboxylic acids is 3. The fourth-order valence-corrected chi connectivity index (χ4v) is 5.98.